The first kappa shape index (κ1) is 11.0. The van der Waals surface area contributed by atoms with Crippen LogP contribution in [0.4, 0.5) is 0 Å². The van der Waals surface area contributed by atoms with Crippen molar-refractivity contribution in [3.8, 4) is 0 Å². The average Bonchev–Trinajstić information content (AvgIpc) is 2.51. The van der Waals surface area contributed by atoms with E-state index in [0.717, 1.165) is 12.0 Å². The number of cyclic esters (lactones) is 1. The summed E-state index contributed by atoms with van der Waals surface area (Å²) in [4.78, 5) is 14.8. The van der Waals surface area contributed by atoms with Gasteiger partial charge in [-0.25, -0.2) is 9.79 Å². The Bertz CT molecular complexity index is 270. The maximum absolute atomic E-state index is 10.8. The summed E-state index contributed by atoms with van der Waals surface area (Å²) in [5.41, 5.74) is 1.16. The predicted octanol–water partition coefficient (Wildman–Crippen LogP) is 2.18. The number of carbonyl (C=O) groups excluding carboxylic acids is 1. The van der Waals surface area contributed by atoms with Crippen LogP contribution in [0.3, 0.4) is 0 Å². The van der Waals surface area contributed by atoms with Gasteiger partial charge in [0.1, 0.15) is 6.21 Å². The molecule has 78 valence electrons. The van der Waals surface area contributed by atoms with E-state index >= 15 is 0 Å². The van der Waals surface area contributed by atoms with Gasteiger partial charge in [0.15, 0.2) is 6.23 Å². The van der Waals surface area contributed by atoms with Gasteiger partial charge in [-0.1, -0.05) is 26.0 Å². The lowest BCUT2D eigenvalue weighted by atomic mass is 9.92. The monoisotopic (exact) mass is 195 g/mol. The smallest absolute Gasteiger partial charge is 0.351 e. The minimum absolute atomic E-state index is 0.254. The summed E-state index contributed by atoms with van der Waals surface area (Å²) >= 11 is 0. The average molecular weight is 195 g/mol. The van der Waals surface area contributed by atoms with E-state index in [1.54, 1.807) is 0 Å². The van der Waals surface area contributed by atoms with Gasteiger partial charge < -0.3 is 4.74 Å². The van der Waals surface area contributed by atoms with Gasteiger partial charge in [-0.2, -0.15) is 0 Å². The summed E-state index contributed by atoms with van der Waals surface area (Å²) in [6, 6.07) is 0. The lowest BCUT2D eigenvalue weighted by molar-refractivity contribution is -0.139. The maximum atomic E-state index is 10.8. The maximum Gasteiger partial charge on any atom is 0.351 e. The molecule has 1 aliphatic heterocycles. The van der Waals surface area contributed by atoms with Gasteiger partial charge in [-0.15, -0.1) is 0 Å². The number of rotatable bonds is 4. The van der Waals surface area contributed by atoms with E-state index in [9.17, 15) is 4.79 Å². The number of hydrogen-bond donors (Lipinski definition) is 0. The fraction of sp³-hybridized carbons (Fsp3) is 0.636. The van der Waals surface area contributed by atoms with Crippen molar-refractivity contribution in [3.05, 3.63) is 12.2 Å². The second kappa shape index (κ2) is 4.40. The molecule has 1 aliphatic rings. The Morgan fingerprint density at radius 1 is 1.71 bits per heavy atom. The Morgan fingerprint density at radius 2 is 2.36 bits per heavy atom. The van der Waals surface area contributed by atoms with Crippen LogP contribution in [0.25, 0.3) is 0 Å². The molecule has 3 unspecified atom stereocenters. The van der Waals surface area contributed by atoms with Crippen LogP contribution in [0.1, 0.15) is 27.2 Å². The third kappa shape index (κ3) is 2.69. The van der Waals surface area contributed by atoms with Crippen molar-refractivity contribution in [2.45, 2.75) is 33.4 Å². The molecule has 14 heavy (non-hydrogen) atoms. The van der Waals surface area contributed by atoms with Crippen LogP contribution in [-0.4, -0.2) is 18.4 Å². The molecule has 0 aromatic rings. The van der Waals surface area contributed by atoms with Crippen LogP contribution in [0.2, 0.25) is 0 Å². The van der Waals surface area contributed by atoms with Gasteiger partial charge in [0.25, 0.3) is 0 Å². The van der Waals surface area contributed by atoms with Crippen LogP contribution in [0.15, 0.2) is 17.1 Å². The Labute approximate surface area is 84.9 Å². The molecule has 1 heterocycles. The van der Waals surface area contributed by atoms with Gasteiger partial charge >= 0.3 is 5.97 Å². The molecule has 0 radical (unpaired) electrons. The van der Waals surface area contributed by atoms with Crippen molar-refractivity contribution in [2.24, 2.45) is 16.8 Å². The Hall–Kier alpha value is -1.12. The molecule has 1 rings (SSSR count). The van der Waals surface area contributed by atoms with Gasteiger partial charge in [-0.3, -0.25) is 0 Å². The number of aliphatic imine (C=N–C) groups is 1. The Morgan fingerprint density at radius 3 is 2.79 bits per heavy atom. The summed E-state index contributed by atoms with van der Waals surface area (Å²) in [5, 5.41) is 0. The van der Waals surface area contributed by atoms with Gasteiger partial charge in [0, 0.05) is 5.92 Å². The van der Waals surface area contributed by atoms with E-state index < -0.39 is 0 Å². The first-order valence-electron chi connectivity index (χ1n) is 4.90. The van der Waals surface area contributed by atoms with E-state index in [0.29, 0.717) is 5.92 Å². The minimum atomic E-state index is -0.329. The van der Waals surface area contributed by atoms with Gasteiger partial charge in [-0.05, 0) is 19.3 Å². The molecule has 0 N–H and O–H groups in total. The minimum Gasteiger partial charge on any atom is -0.435 e. The second-order valence-corrected chi connectivity index (χ2v) is 4.07. The highest BCUT2D eigenvalue weighted by atomic mass is 16.6. The van der Waals surface area contributed by atoms with Crippen LogP contribution < -0.4 is 0 Å². The number of nitrogens with zero attached hydrogens (tertiary/aromatic N) is 1. The quantitative estimate of drug-likeness (QED) is 0.509. The molecule has 3 heteroatoms. The number of hydrogen-bond acceptors (Lipinski definition) is 3. The highest BCUT2D eigenvalue weighted by Crippen LogP contribution is 2.23. The molecular weight excluding hydrogens is 178 g/mol. The Balaban J connectivity index is 2.43. The van der Waals surface area contributed by atoms with Crippen molar-refractivity contribution in [3.63, 3.8) is 0 Å². The fourth-order valence-electron chi connectivity index (χ4n) is 1.45. The van der Waals surface area contributed by atoms with E-state index in [-0.39, 0.29) is 18.1 Å². The molecule has 0 fully saturated rings. The molecule has 0 amide bonds. The zero-order valence-electron chi connectivity index (χ0n) is 8.99. The second-order valence-electron chi connectivity index (χ2n) is 4.07. The summed E-state index contributed by atoms with van der Waals surface area (Å²) in [6.45, 7) is 10.1. The predicted molar refractivity (Wildman–Crippen MR) is 56.1 cm³/mol. The number of allylic oxidation sites excluding steroid dienone is 1. The number of carbonyl (C=O) groups is 1. The summed E-state index contributed by atoms with van der Waals surface area (Å²) in [6.07, 6.45) is 1.92. The topological polar surface area (TPSA) is 38.7 Å². The van der Waals surface area contributed by atoms with Crippen LogP contribution >= 0.6 is 0 Å². The fourth-order valence-corrected chi connectivity index (χ4v) is 1.45. The van der Waals surface area contributed by atoms with E-state index in [1.807, 2.05) is 13.8 Å². The molecule has 0 bridgehead atoms. The highest BCUT2D eigenvalue weighted by molar-refractivity contribution is 6.24. The molecule has 0 aliphatic carbocycles. The summed E-state index contributed by atoms with van der Waals surface area (Å²) in [5.74, 6) is 0.369. The van der Waals surface area contributed by atoms with Crippen molar-refractivity contribution >= 4 is 12.2 Å². The third-order valence-electron chi connectivity index (χ3n) is 2.62. The largest absolute Gasteiger partial charge is 0.435 e. The number of esters is 1. The van der Waals surface area contributed by atoms with E-state index in [4.69, 9.17) is 4.74 Å². The lowest BCUT2D eigenvalue weighted by Gasteiger charge is -2.20. The summed E-state index contributed by atoms with van der Waals surface area (Å²) in [7, 11) is 0. The van der Waals surface area contributed by atoms with Crippen molar-refractivity contribution in [1.29, 1.82) is 0 Å². The number of ether oxygens (including phenoxy) is 1. The highest BCUT2D eigenvalue weighted by Gasteiger charge is 2.25. The molecule has 3 atom stereocenters. The first-order chi connectivity index (χ1) is 6.50. The van der Waals surface area contributed by atoms with Crippen molar-refractivity contribution in [2.75, 3.05) is 0 Å². The summed E-state index contributed by atoms with van der Waals surface area (Å²) < 4.78 is 5.01. The Kier molecular flexibility index (Phi) is 3.44. The zero-order valence-corrected chi connectivity index (χ0v) is 8.99. The zero-order chi connectivity index (χ0) is 10.7. The lowest BCUT2D eigenvalue weighted by Crippen LogP contribution is -2.20. The standard InChI is InChI=1S/C11H17NO2/c1-7(2)8(3)5-9(4)11-12-6-10(13)14-11/h6,8-9,11H,1,5H2,2-4H3. The molecule has 0 spiro atoms. The van der Waals surface area contributed by atoms with Crippen LogP contribution in [0.5, 0.6) is 0 Å². The van der Waals surface area contributed by atoms with E-state index in [1.165, 1.54) is 6.21 Å². The molecule has 0 aromatic carbocycles. The van der Waals surface area contributed by atoms with E-state index in [2.05, 4.69) is 18.5 Å². The van der Waals surface area contributed by atoms with Gasteiger partial charge in [0.2, 0.25) is 0 Å². The molecule has 3 nitrogen and oxygen atoms in total. The SMILES string of the molecule is C=C(C)C(C)CC(C)C1N=CC(=O)O1. The first-order valence-corrected chi connectivity index (χ1v) is 4.90. The molecule has 0 aromatic heterocycles. The normalized spacial score (nSPS) is 24.5. The van der Waals surface area contributed by atoms with Crippen molar-refractivity contribution < 1.29 is 9.53 Å². The van der Waals surface area contributed by atoms with Crippen LogP contribution in [-0.2, 0) is 9.53 Å². The van der Waals surface area contributed by atoms with Crippen LogP contribution in [0, 0.1) is 11.8 Å². The molecule has 0 saturated carbocycles. The van der Waals surface area contributed by atoms with Gasteiger partial charge in [0.05, 0.1) is 0 Å². The third-order valence-corrected chi connectivity index (χ3v) is 2.62. The molecule has 0 saturated heterocycles. The van der Waals surface area contributed by atoms with Crippen molar-refractivity contribution in [1.82, 2.24) is 0 Å². The molecular formula is C11H17NO2.